The Kier molecular flexibility index (Phi) is 5.64. The summed E-state index contributed by atoms with van der Waals surface area (Å²) in [4.78, 5) is 0. The first-order chi connectivity index (χ1) is 9.73. The fraction of sp³-hybridized carbons (Fsp3) is 0.824. The molecule has 0 aliphatic heterocycles. The molecule has 1 aliphatic rings. The molecule has 20 heavy (non-hydrogen) atoms. The maximum Gasteiger partial charge on any atom is 0.0624 e. The van der Waals surface area contributed by atoms with Gasteiger partial charge in [0.05, 0.1) is 5.69 Å². The highest BCUT2D eigenvalue weighted by molar-refractivity contribution is 5.13. The maximum atomic E-state index is 4.71. The van der Waals surface area contributed by atoms with Crippen LogP contribution in [0.25, 0.3) is 0 Å². The summed E-state index contributed by atoms with van der Waals surface area (Å²) >= 11 is 0. The van der Waals surface area contributed by atoms with Crippen LogP contribution >= 0.6 is 0 Å². The molecule has 0 radical (unpaired) electrons. The Morgan fingerprint density at radius 2 is 2.00 bits per heavy atom. The van der Waals surface area contributed by atoms with Gasteiger partial charge in [0.15, 0.2) is 0 Å². The van der Waals surface area contributed by atoms with E-state index in [4.69, 9.17) is 5.10 Å². The lowest BCUT2D eigenvalue weighted by atomic mass is 9.81. The lowest BCUT2D eigenvalue weighted by molar-refractivity contribution is 0.271. The molecule has 1 N–H and O–H groups in total. The van der Waals surface area contributed by atoms with Gasteiger partial charge in [0, 0.05) is 18.8 Å². The van der Waals surface area contributed by atoms with Crippen molar-refractivity contribution >= 4 is 0 Å². The van der Waals surface area contributed by atoms with Crippen molar-refractivity contribution in [3.8, 4) is 0 Å². The monoisotopic (exact) mass is 277 g/mol. The average Bonchev–Trinajstić information content (AvgIpc) is 3.07. The summed E-state index contributed by atoms with van der Waals surface area (Å²) < 4.78 is 2.22. The van der Waals surface area contributed by atoms with Crippen LogP contribution in [0.15, 0.2) is 6.07 Å². The summed E-state index contributed by atoms with van der Waals surface area (Å²) in [6, 6.07) is 2.34. The molecule has 1 fully saturated rings. The Balaban J connectivity index is 2.09. The van der Waals surface area contributed by atoms with Crippen molar-refractivity contribution in [2.45, 2.75) is 72.3 Å². The van der Waals surface area contributed by atoms with Crippen LogP contribution in [-0.2, 0) is 19.4 Å². The Bertz CT molecular complexity index is 402. The minimum atomic E-state index is 0.479. The van der Waals surface area contributed by atoms with Crippen LogP contribution in [0.2, 0.25) is 0 Å². The molecule has 3 nitrogen and oxygen atoms in total. The smallest absolute Gasteiger partial charge is 0.0624 e. The summed E-state index contributed by atoms with van der Waals surface area (Å²) in [6.07, 6.45) is 9.01. The fourth-order valence-corrected chi connectivity index (χ4v) is 3.56. The molecular weight excluding hydrogens is 246 g/mol. The number of aromatic nitrogens is 2. The number of nitrogens with one attached hydrogen (secondary N) is 1. The van der Waals surface area contributed by atoms with E-state index in [1.165, 1.54) is 56.5 Å². The summed E-state index contributed by atoms with van der Waals surface area (Å²) in [7, 11) is 0. The van der Waals surface area contributed by atoms with Gasteiger partial charge in [-0.1, -0.05) is 26.7 Å². The summed E-state index contributed by atoms with van der Waals surface area (Å²) in [5, 5.41) is 8.38. The van der Waals surface area contributed by atoms with Gasteiger partial charge in [-0.15, -0.1) is 0 Å². The predicted molar refractivity (Wildman–Crippen MR) is 85.0 cm³/mol. The standard InChI is InChI=1S/C17H31N3/c1-4-11-18-14-17(9-7-8-10-17)13-16-12-15(5-2)19-20(16)6-3/h12,18H,4-11,13-14H2,1-3H3. The van der Waals surface area contributed by atoms with Crippen molar-refractivity contribution in [3.05, 3.63) is 17.5 Å². The van der Waals surface area contributed by atoms with Gasteiger partial charge in [-0.05, 0) is 57.1 Å². The first kappa shape index (κ1) is 15.6. The topological polar surface area (TPSA) is 29.9 Å². The first-order valence-corrected chi connectivity index (χ1v) is 8.49. The van der Waals surface area contributed by atoms with Crippen molar-refractivity contribution in [3.63, 3.8) is 0 Å². The zero-order valence-corrected chi connectivity index (χ0v) is 13.5. The quantitative estimate of drug-likeness (QED) is 0.736. The largest absolute Gasteiger partial charge is 0.316 e. The van der Waals surface area contributed by atoms with E-state index in [0.717, 1.165) is 19.5 Å². The van der Waals surface area contributed by atoms with Crippen molar-refractivity contribution in [2.75, 3.05) is 13.1 Å². The van der Waals surface area contributed by atoms with Crippen LogP contribution in [-0.4, -0.2) is 22.9 Å². The fourth-order valence-electron chi connectivity index (χ4n) is 3.56. The zero-order chi connectivity index (χ0) is 14.4. The van der Waals surface area contributed by atoms with Crippen LogP contribution < -0.4 is 5.32 Å². The second kappa shape index (κ2) is 7.26. The van der Waals surface area contributed by atoms with Crippen molar-refractivity contribution < 1.29 is 0 Å². The molecule has 114 valence electrons. The Hall–Kier alpha value is -0.830. The first-order valence-electron chi connectivity index (χ1n) is 8.49. The molecular formula is C17H31N3. The van der Waals surface area contributed by atoms with Gasteiger partial charge in [-0.2, -0.15) is 5.10 Å². The third-order valence-electron chi connectivity index (χ3n) is 4.72. The van der Waals surface area contributed by atoms with Crippen molar-refractivity contribution in [2.24, 2.45) is 5.41 Å². The van der Waals surface area contributed by atoms with E-state index in [0.29, 0.717) is 5.41 Å². The second-order valence-electron chi connectivity index (χ2n) is 6.36. The summed E-state index contributed by atoms with van der Waals surface area (Å²) in [6.45, 7) is 9.96. The molecule has 0 unspecified atom stereocenters. The van der Waals surface area contributed by atoms with Crippen LogP contribution in [0.3, 0.4) is 0 Å². The Morgan fingerprint density at radius 3 is 2.60 bits per heavy atom. The highest BCUT2D eigenvalue weighted by Gasteiger charge is 2.34. The van der Waals surface area contributed by atoms with Crippen LogP contribution in [0.5, 0.6) is 0 Å². The Labute approximate surface area is 124 Å². The van der Waals surface area contributed by atoms with Crippen LogP contribution in [0.4, 0.5) is 0 Å². The van der Waals surface area contributed by atoms with Gasteiger partial charge < -0.3 is 5.32 Å². The molecule has 0 bridgehead atoms. The van der Waals surface area contributed by atoms with Gasteiger partial charge in [0.2, 0.25) is 0 Å². The van der Waals surface area contributed by atoms with E-state index in [1.54, 1.807) is 0 Å². The molecule has 0 spiro atoms. The molecule has 1 aromatic rings. The normalized spacial score (nSPS) is 17.8. The van der Waals surface area contributed by atoms with Crippen molar-refractivity contribution in [1.29, 1.82) is 0 Å². The molecule has 1 aromatic heterocycles. The van der Waals surface area contributed by atoms with Gasteiger partial charge in [-0.25, -0.2) is 0 Å². The molecule has 0 atom stereocenters. The highest BCUT2D eigenvalue weighted by atomic mass is 15.3. The molecule has 1 aliphatic carbocycles. The van der Waals surface area contributed by atoms with E-state index in [2.05, 4.69) is 36.8 Å². The minimum Gasteiger partial charge on any atom is -0.316 e. The van der Waals surface area contributed by atoms with E-state index >= 15 is 0 Å². The molecule has 0 saturated heterocycles. The molecule has 1 saturated carbocycles. The van der Waals surface area contributed by atoms with Crippen LogP contribution in [0.1, 0.15) is 64.3 Å². The van der Waals surface area contributed by atoms with Gasteiger partial charge >= 0.3 is 0 Å². The van der Waals surface area contributed by atoms with E-state index in [9.17, 15) is 0 Å². The lowest BCUT2D eigenvalue weighted by Gasteiger charge is -2.29. The Morgan fingerprint density at radius 1 is 1.25 bits per heavy atom. The molecule has 2 rings (SSSR count). The number of rotatable bonds is 8. The molecule has 0 aromatic carbocycles. The van der Waals surface area contributed by atoms with Gasteiger partial charge in [0.25, 0.3) is 0 Å². The third-order valence-corrected chi connectivity index (χ3v) is 4.72. The van der Waals surface area contributed by atoms with E-state index in [-0.39, 0.29) is 0 Å². The number of nitrogens with zero attached hydrogens (tertiary/aromatic N) is 2. The number of hydrogen-bond acceptors (Lipinski definition) is 2. The SMILES string of the molecule is CCCNCC1(Cc2cc(CC)nn2CC)CCCC1. The third kappa shape index (κ3) is 3.63. The average molecular weight is 277 g/mol. The van der Waals surface area contributed by atoms with Gasteiger partial charge in [-0.3, -0.25) is 4.68 Å². The summed E-state index contributed by atoms with van der Waals surface area (Å²) in [5.41, 5.74) is 3.17. The number of aryl methyl sites for hydroxylation is 2. The predicted octanol–water partition coefficient (Wildman–Crippen LogP) is 3.57. The number of hydrogen-bond donors (Lipinski definition) is 1. The van der Waals surface area contributed by atoms with Gasteiger partial charge in [0.1, 0.15) is 0 Å². The molecule has 3 heteroatoms. The maximum absolute atomic E-state index is 4.71. The molecule has 1 heterocycles. The van der Waals surface area contributed by atoms with Crippen LogP contribution in [0, 0.1) is 5.41 Å². The summed E-state index contributed by atoms with van der Waals surface area (Å²) in [5.74, 6) is 0. The molecule has 0 amide bonds. The highest BCUT2D eigenvalue weighted by Crippen LogP contribution is 2.40. The minimum absolute atomic E-state index is 0.479. The zero-order valence-electron chi connectivity index (χ0n) is 13.5. The van der Waals surface area contributed by atoms with Crippen molar-refractivity contribution in [1.82, 2.24) is 15.1 Å². The van der Waals surface area contributed by atoms with E-state index in [1.807, 2.05) is 0 Å². The van der Waals surface area contributed by atoms with E-state index < -0.39 is 0 Å². The lowest BCUT2D eigenvalue weighted by Crippen LogP contribution is -2.35. The second-order valence-corrected chi connectivity index (χ2v) is 6.36.